The molecule has 0 aromatic rings. The molecule has 11 heteroatoms. The fraction of sp³-hybridized carbons (Fsp3) is 0.714. The average Bonchev–Trinajstić information content (AvgIpc) is 2.58. The van der Waals surface area contributed by atoms with Crippen molar-refractivity contribution in [2.45, 2.75) is 24.7 Å². The van der Waals surface area contributed by atoms with Gasteiger partial charge in [-0.15, -0.1) is 0 Å². The minimum absolute atomic E-state index is 0.168. The van der Waals surface area contributed by atoms with Crippen LogP contribution in [-0.2, 0) is 24.1 Å². The van der Waals surface area contributed by atoms with Crippen LogP contribution in [-0.4, -0.2) is 49.4 Å². The lowest BCUT2D eigenvalue weighted by Crippen LogP contribution is -2.67. The third-order valence-corrected chi connectivity index (χ3v) is 3.92. The summed E-state index contributed by atoms with van der Waals surface area (Å²) in [6.07, 6.45) is -5.17. The average molecular weight is 288 g/mol. The number of alkyl halides is 3. The highest BCUT2D eigenvalue weighted by Gasteiger charge is 2.58. The number of carbonyl (C=O) groups excluding carboxylic acids is 2. The van der Waals surface area contributed by atoms with Crippen molar-refractivity contribution in [3.05, 3.63) is 0 Å². The molecule has 2 heterocycles. The number of hydrogen-bond acceptors (Lipinski definition) is 6. The highest BCUT2D eigenvalue weighted by molar-refractivity contribution is 7.85. The SMILES string of the molecule is O=C1[C@H]2NCC[C@H]2N1S(=O)(=O)OC(=O)C(F)(F)F. The minimum atomic E-state index is -5.44. The van der Waals surface area contributed by atoms with E-state index in [0.717, 1.165) is 0 Å². The van der Waals surface area contributed by atoms with Crippen LogP contribution in [0.15, 0.2) is 0 Å². The molecular weight excluding hydrogens is 281 g/mol. The molecule has 2 atom stereocenters. The Hall–Kier alpha value is -1.36. The van der Waals surface area contributed by atoms with Crippen LogP contribution in [0.25, 0.3) is 0 Å². The van der Waals surface area contributed by atoms with E-state index in [1.54, 1.807) is 0 Å². The van der Waals surface area contributed by atoms with Gasteiger partial charge in [0, 0.05) is 0 Å². The largest absolute Gasteiger partial charge is 0.492 e. The molecule has 0 bridgehead atoms. The molecule has 2 rings (SSSR count). The number of nitrogens with one attached hydrogen (secondary N) is 1. The van der Waals surface area contributed by atoms with Crippen molar-refractivity contribution in [3.63, 3.8) is 0 Å². The fourth-order valence-corrected chi connectivity index (χ4v) is 3.13. The second-order valence-electron chi connectivity index (χ2n) is 3.75. The molecule has 1 amide bonds. The van der Waals surface area contributed by atoms with Gasteiger partial charge in [-0.1, -0.05) is 0 Å². The predicted octanol–water partition coefficient (Wildman–Crippen LogP) is -1.09. The van der Waals surface area contributed by atoms with E-state index in [0.29, 0.717) is 6.54 Å². The van der Waals surface area contributed by atoms with Crippen LogP contribution in [0.3, 0.4) is 0 Å². The molecule has 0 radical (unpaired) electrons. The normalized spacial score (nSPS) is 27.7. The van der Waals surface area contributed by atoms with Crippen molar-refractivity contribution in [1.82, 2.24) is 9.62 Å². The topological polar surface area (TPSA) is 92.8 Å². The van der Waals surface area contributed by atoms with Crippen LogP contribution in [0.4, 0.5) is 13.2 Å². The molecular formula is C7H7F3N2O5S. The molecule has 0 spiro atoms. The van der Waals surface area contributed by atoms with E-state index in [2.05, 4.69) is 9.50 Å². The lowest BCUT2D eigenvalue weighted by Gasteiger charge is -2.40. The molecule has 0 aromatic carbocycles. The zero-order chi connectivity index (χ0) is 13.7. The first-order chi connectivity index (χ1) is 8.14. The fourth-order valence-electron chi connectivity index (χ4n) is 1.87. The van der Waals surface area contributed by atoms with Gasteiger partial charge in [-0.2, -0.15) is 25.9 Å². The molecule has 102 valence electrons. The maximum Gasteiger partial charge on any atom is 0.492 e. The molecule has 0 unspecified atom stereocenters. The number of amides is 1. The van der Waals surface area contributed by atoms with Crippen LogP contribution in [0.1, 0.15) is 6.42 Å². The summed E-state index contributed by atoms with van der Waals surface area (Å²) >= 11 is 0. The summed E-state index contributed by atoms with van der Waals surface area (Å²) < 4.78 is 61.9. The van der Waals surface area contributed by atoms with Gasteiger partial charge in [-0.05, 0) is 13.0 Å². The Morgan fingerprint density at radius 3 is 2.61 bits per heavy atom. The smallest absolute Gasteiger partial charge is 0.322 e. The zero-order valence-electron chi connectivity index (χ0n) is 8.60. The summed E-state index contributed by atoms with van der Waals surface area (Å²) in [5.41, 5.74) is 0. The first-order valence-electron chi connectivity index (χ1n) is 4.77. The van der Waals surface area contributed by atoms with Crippen LogP contribution < -0.4 is 5.32 Å². The van der Waals surface area contributed by atoms with Crippen molar-refractivity contribution in [2.75, 3.05) is 6.54 Å². The van der Waals surface area contributed by atoms with E-state index in [1.165, 1.54) is 0 Å². The Labute approximate surface area is 99.1 Å². The van der Waals surface area contributed by atoms with Crippen molar-refractivity contribution in [2.24, 2.45) is 0 Å². The molecule has 18 heavy (non-hydrogen) atoms. The Morgan fingerprint density at radius 1 is 1.44 bits per heavy atom. The standard InChI is InChI=1S/C7H7F3N2O5S/c8-7(9,10)6(14)17-18(15,16)12-3-1-2-11-4(3)5(12)13/h3-4,11H,1-2H2/t3-,4+/m1/s1. The quantitative estimate of drug-likeness (QED) is 0.649. The van der Waals surface area contributed by atoms with E-state index in [-0.39, 0.29) is 10.7 Å². The predicted molar refractivity (Wildman–Crippen MR) is 48.1 cm³/mol. The number of β-lactam (4-membered cyclic amide) rings is 1. The van der Waals surface area contributed by atoms with E-state index < -0.39 is 40.4 Å². The Morgan fingerprint density at radius 2 is 2.06 bits per heavy atom. The van der Waals surface area contributed by atoms with E-state index in [9.17, 15) is 31.2 Å². The van der Waals surface area contributed by atoms with E-state index in [4.69, 9.17) is 0 Å². The van der Waals surface area contributed by atoms with Crippen LogP contribution in [0.5, 0.6) is 0 Å². The number of fused-ring (bicyclic) bond motifs is 1. The highest BCUT2D eigenvalue weighted by atomic mass is 32.2. The second kappa shape index (κ2) is 3.82. The van der Waals surface area contributed by atoms with Gasteiger partial charge in [-0.3, -0.25) is 4.79 Å². The van der Waals surface area contributed by atoms with Crippen LogP contribution in [0.2, 0.25) is 0 Å². The molecule has 0 aliphatic carbocycles. The molecule has 7 nitrogen and oxygen atoms in total. The zero-order valence-corrected chi connectivity index (χ0v) is 9.42. The summed E-state index contributed by atoms with van der Waals surface area (Å²) in [7, 11) is -5.04. The first kappa shape index (κ1) is 13.1. The van der Waals surface area contributed by atoms with Gasteiger partial charge in [0.15, 0.2) is 0 Å². The molecule has 2 saturated heterocycles. The number of carbonyl (C=O) groups is 2. The lowest BCUT2D eigenvalue weighted by molar-refractivity contribution is -0.189. The third kappa shape index (κ3) is 1.92. The lowest BCUT2D eigenvalue weighted by atomic mass is 10.0. The summed E-state index contributed by atoms with van der Waals surface area (Å²) in [6, 6.07) is -1.52. The van der Waals surface area contributed by atoms with Crippen molar-refractivity contribution < 1.29 is 35.4 Å². The van der Waals surface area contributed by atoms with E-state index >= 15 is 0 Å². The Bertz CT molecular complexity index is 502. The van der Waals surface area contributed by atoms with Crippen LogP contribution in [0, 0.1) is 0 Å². The monoisotopic (exact) mass is 288 g/mol. The maximum atomic E-state index is 11.9. The maximum absolute atomic E-state index is 11.9. The first-order valence-corrected chi connectivity index (χ1v) is 6.13. The minimum Gasteiger partial charge on any atom is -0.322 e. The molecule has 2 fully saturated rings. The van der Waals surface area contributed by atoms with Gasteiger partial charge in [0.2, 0.25) is 0 Å². The molecule has 2 aliphatic heterocycles. The molecule has 0 aromatic heterocycles. The van der Waals surface area contributed by atoms with Crippen LogP contribution >= 0.6 is 0 Å². The molecule has 0 saturated carbocycles. The Kier molecular flexibility index (Phi) is 2.77. The Balaban J connectivity index is 2.13. The summed E-state index contributed by atoms with van der Waals surface area (Å²) in [5.74, 6) is -3.79. The number of halogens is 3. The summed E-state index contributed by atoms with van der Waals surface area (Å²) in [6.45, 7) is 0.361. The van der Waals surface area contributed by atoms with Gasteiger partial charge in [0.1, 0.15) is 6.04 Å². The van der Waals surface area contributed by atoms with Gasteiger partial charge in [0.05, 0.1) is 6.04 Å². The van der Waals surface area contributed by atoms with Gasteiger partial charge < -0.3 is 9.50 Å². The van der Waals surface area contributed by atoms with Gasteiger partial charge >= 0.3 is 22.4 Å². The summed E-state index contributed by atoms with van der Waals surface area (Å²) in [4.78, 5) is 21.8. The summed E-state index contributed by atoms with van der Waals surface area (Å²) in [5, 5.41) is 2.67. The van der Waals surface area contributed by atoms with E-state index in [1.807, 2.05) is 0 Å². The molecule has 1 N–H and O–H groups in total. The third-order valence-electron chi connectivity index (χ3n) is 2.63. The second-order valence-corrected chi connectivity index (χ2v) is 5.16. The van der Waals surface area contributed by atoms with Gasteiger partial charge in [-0.25, -0.2) is 4.79 Å². The highest BCUT2D eigenvalue weighted by Crippen LogP contribution is 2.31. The number of nitrogens with zero attached hydrogens (tertiary/aromatic N) is 1. The number of rotatable bonds is 2. The molecule has 2 aliphatic rings. The van der Waals surface area contributed by atoms with Gasteiger partial charge in [0.25, 0.3) is 5.91 Å². The number of hydrogen-bond donors (Lipinski definition) is 1. The van der Waals surface area contributed by atoms with Crippen molar-refractivity contribution >= 4 is 22.2 Å². The van der Waals surface area contributed by atoms with Crippen molar-refractivity contribution in [3.8, 4) is 0 Å². The van der Waals surface area contributed by atoms with Crippen molar-refractivity contribution in [1.29, 1.82) is 0 Å².